The molecule has 2 rings (SSSR count). The first-order valence-corrected chi connectivity index (χ1v) is 7.77. The molecule has 1 aliphatic heterocycles. The lowest BCUT2D eigenvalue weighted by atomic mass is 10.2. The lowest BCUT2D eigenvalue weighted by molar-refractivity contribution is 0.252. The van der Waals surface area contributed by atoms with E-state index >= 15 is 0 Å². The Bertz CT molecular complexity index is 345. The molecule has 2 heterocycles. The topological polar surface area (TPSA) is 45.4 Å². The lowest BCUT2D eigenvalue weighted by Gasteiger charge is -2.34. The molecule has 0 aliphatic carbocycles. The number of nitrogens with zero attached hydrogens (tertiary/aromatic N) is 3. The van der Waals surface area contributed by atoms with Crippen molar-refractivity contribution in [3.8, 4) is 0 Å². The highest BCUT2D eigenvalue weighted by molar-refractivity contribution is 7.13. The fourth-order valence-electron chi connectivity index (χ4n) is 2.31. The number of aryl methyl sites for hydroxylation is 1. The Kier molecular flexibility index (Phi) is 5.41. The third-order valence-corrected chi connectivity index (χ3v) is 4.45. The highest BCUT2D eigenvalue weighted by atomic mass is 32.1. The summed E-state index contributed by atoms with van der Waals surface area (Å²) in [5.74, 6) is 0. The summed E-state index contributed by atoms with van der Waals surface area (Å²) in [5.41, 5.74) is 6.64. The third kappa shape index (κ3) is 3.93. The Labute approximate surface area is 114 Å². The predicted octanol–water partition coefficient (Wildman–Crippen LogP) is 1.70. The monoisotopic (exact) mass is 268 g/mol. The summed E-state index contributed by atoms with van der Waals surface area (Å²) in [6.45, 7) is 8.69. The molecule has 0 unspecified atom stereocenters. The summed E-state index contributed by atoms with van der Waals surface area (Å²) in [6, 6.07) is 0. The number of hydrogen-bond donors (Lipinski definition) is 1. The van der Waals surface area contributed by atoms with Gasteiger partial charge in [0.15, 0.2) is 5.13 Å². The van der Waals surface area contributed by atoms with Crippen molar-refractivity contribution in [3.05, 3.63) is 11.1 Å². The van der Waals surface area contributed by atoms with E-state index in [0.717, 1.165) is 25.3 Å². The molecule has 1 aromatic rings. The van der Waals surface area contributed by atoms with Crippen LogP contribution in [-0.4, -0.2) is 49.2 Å². The number of rotatable bonds is 6. The van der Waals surface area contributed by atoms with Gasteiger partial charge in [0.25, 0.3) is 0 Å². The molecule has 0 atom stereocenters. The zero-order valence-corrected chi connectivity index (χ0v) is 12.1. The van der Waals surface area contributed by atoms with Gasteiger partial charge in [-0.15, -0.1) is 11.3 Å². The van der Waals surface area contributed by atoms with Crippen LogP contribution in [0.4, 0.5) is 5.13 Å². The van der Waals surface area contributed by atoms with Crippen LogP contribution in [0.25, 0.3) is 0 Å². The van der Waals surface area contributed by atoms with Gasteiger partial charge >= 0.3 is 0 Å². The van der Waals surface area contributed by atoms with Gasteiger partial charge in [0.05, 0.1) is 5.69 Å². The third-order valence-electron chi connectivity index (χ3n) is 3.43. The zero-order chi connectivity index (χ0) is 12.8. The van der Waals surface area contributed by atoms with E-state index in [1.165, 1.54) is 44.0 Å². The van der Waals surface area contributed by atoms with Crippen LogP contribution in [0.3, 0.4) is 0 Å². The van der Waals surface area contributed by atoms with Gasteiger partial charge in [-0.2, -0.15) is 0 Å². The number of aromatic nitrogens is 1. The second kappa shape index (κ2) is 7.07. The van der Waals surface area contributed by atoms with Gasteiger partial charge in [0.1, 0.15) is 0 Å². The molecule has 4 nitrogen and oxygen atoms in total. The summed E-state index contributed by atoms with van der Waals surface area (Å²) >= 11 is 1.76. The molecule has 1 aromatic heterocycles. The zero-order valence-electron chi connectivity index (χ0n) is 11.3. The molecule has 0 radical (unpaired) electrons. The fourth-order valence-corrected chi connectivity index (χ4v) is 3.16. The van der Waals surface area contributed by atoms with Crippen molar-refractivity contribution in [1.82, 2.24) is 9.88 Å². The van der Waals surface area contributed by atoms with Gasteiger partial charge in [-0.3, -0.25) is 4.90 Å². The van der Waals surface area contributed by atoms with Crippen molar-refractivity contribution in [2.75, 3.05) is 44.2 Å². The van der Waals surface area contributed by atoms with Crippen molar-refractivity contribution in [2.45, 2.75) is 26.2 Å². The molecule has 0 bridgehead atoms. The number of hydrogen-bond acceptors (Lipinski definition) is 5. The molecular formula is C13H24N4S. The van der Waals surface area contributed by atoms with E-state index < -0.39 is 0 Å². The molecule has 5 heteroatoms. The number of piperazine rings is 1. The summed E-state index contributed by atoms with van der Waals surface area (Å²) < 4.78 is 0. The molecule has 18 heavy (non-hydrogen) atoms. The van der Waals surface area contributed by atoms with Crippen molar-refractivity contribution in [3.63, 3.8) is 0 Å². The maximum atomic E-state index is 5.51. The van der Waals surface area contributed by atoms with Gasteiger partial charge < -0.3 is 10.6 Å². The van der Waals surface area contributed by atoms with Crippen molar-refractivity contribution < 1.29 is 0 Å². The van der Waals surface area contributed by atoms with Crippen molar-refractivity contribution >= 4 is 16.5 Å². The largest absolute Gasteiger partial charge is 0.346 e. The highest BCUT2D eigenvalue weighted by Gasteiger charge is 2.18. The summed E-state index contributed by atoms with van der Waals surface area (Å²) in [7, 11) is 0. The van der Waals surface area contributed by atoms with Crippen LogP contribution in [0, 0.1) is 6.92 Å². The number of anilines is 1. The molecule has 1 saturated heterocycles. The van der Waals surface area contributed by atoms with E-state index in [-0.39, 0.29) is 0 Å². The SMILES string of the molecule is Cc1csc(N2CCN(CCCCCN)CC2)n1. The van der Waals surface area contributed by atoms with E-state index in [1.807, 2.05) is 0 Å². The summed E-state index contributed by atoms with van der Waals surface area (Å²) in [5, 5.41) is 3.32. The standard InChI is InChI=1S/C13H24N4S/c1-12-11-18-13(15-12)17-9-7-16(8-10-17)6-4-2-3-5-14/h11H,2-10,14H2,1H3. The molecule has 0 spiro atoms. The first-order chi connectivity index (χ1) is 8.79. The first kappa shape index (κ1) is 13.8. The van der Waals surface area contributed by atoms with Gasteiger partial charge in [-0.05, 0) is 32.9 Å². The molecule has 1 aliphatic rings. The highest BCUT2D eigenvalue weighted by Crippen LogP contribution is 2.21. The van der Waals surface area contributed by atoms with Crippen LogP contribution in [0.5, 0.6) is 0 Å². The fraction of sp³-hybridized carbons (Fsp3) is 0.769. The Morgan fingerprint density at radius 3 is 2.61 bits per heavy atom. The van der Waals surface area contributed by atoms with Crippen LogP contribution >= 0.6 is 11.3 Å². The van der Waals surface area contributed by atoms with Crippen LogP contribution in [0.2, 0.25) is 0 Å². The quantitative estimate of drug-likeness (QED) is 0.798. The van der Waals surface area contributed by atoms with Crippen LogP contribution < -0.4 is 10.6 Å². The van der Waals surface area contributed by atoms with Gasteiger partial charge in [0, 0.05) is 31.6 Å². The Balaban J connectivity index is 1.68. The minimum atomic E-state index is 0.831. The minimum Gasteiger partial charge on any atom is -0.346 e. The molecular weight excluding hydrogens is 244 g/mol. The van der Waals surface area contributed by atoms with E-state index in [1.54, 1.807) is 11.3 Å². The van der Waals surface area contributed by atoms with E-state index in [0.29, 0.717) is 0 Å². The average Bonchev–Trinajstić information content (AvgIpc) is 2.82. The number of thiazole rings is 1. The van der Waals surface area contributed by atoms with E-state index in [4.69, 9.17) is 5.73 Å². The smallest absolute Gasteiger partial charge is 0.185 e. The van der Waals surface area contributed by atoms with Crippen LogP contribution in [-0.2, 0) is 0 Å². The molecule has 1 fully saturated rings. The predicted molar refractivity (Wildman–Crippen MR) is 78.4 cm³/mol. The molecule has 102 valence electrons. The molecule has 0 saturated carbocycles. The summed E-state index contributed by atoms with van der Waals surface area (Å²) in [4.78, 5) is 9.53. The maximum absolute atomic E-state index is 5.51. The summed E-state index contributed by atoms with van der Waals surface area (Å²) in [6.07, 6.45) is 3.72. The van der Waals surface area contributed by atoms with Crippen LogP contribution in [0.15, 0.2) is 5.38 Å². The van der Waals surface area contributed by atoms with Gasteiger partial charge in [-0.1, -0.05) is 6.42 Å². The van der Waals surface area contributed by atoms with E-state index in [2.05, 4.69) is 27.1 Å². The lowest BCUT2D eigenvalue weighted by Crippen LogP contribution is -2.46. The van der Waals surface area contributed by atoms with Crippen molar-refractivity contribution in [2.24, 2.45) is 5.73 Å². The molecule has 0 amide bonds. The van der Waals surface area contributed by atoms with Crippen LogP contribution in [0.1, 0.15) is 25.0 Å². The maximum Gasteiger partial charge on any atom is 0.185 e. The number of nitrogens with two attached hydrogens (primary N) is 1. The minimum absolute atomic E-state index is 0.831. The number of unbranched alkanes of at least 4 members (excludes halogenated alkanes) is 2. The Morgan fingerprint density at radius 2 is 2.00 bits per heavy atom. The normalized spacial score (nSPS) is 17.3. The van der Waals surface area contributed by atoms with Crippen molar-refractivity contribution in [1.29, 1.82) is 0 Å². The second-order valence-electron chi connectivity index (χ2n) is 4.95. The van der Waals surface area contributed by atoms with E-state index in [9.17, 15) is 0 Å². The second-order valence-corrected chi connectivity index (χ2v) is 5.79. The molecule has 2 N–H and O–H groups in total. The van der Waals surface area contributed by atoms with Gasteiger partial charge in [-0.25, -0.2) is 4.98 Å². The Morgan fingerprint density at radius 1 is 1.22 bits per heavy atom. The average molecular weight is 268 g/mol. The van der Waals surface area contributed by atoms with Gasteiger partial charge in [0.2, 0.25) is 0 Å². The molecule has 0 aromatic carbocycles. The first-order valence-electron chi connectivity index (χ1n) is 6.89. The Hall–Kier alpha value is -0.650.